The molecule has 0 amide bonds. The van der Waals surface area contributed by atoms with E-state index in [1.54, 1.807) is 49.4 Å². The number of halogens is 1. The van der Waals surface area contributed by atoms with E-state index in [9.17, 15) is 9.18 Å². The number of fused-ring (bicyclic) bond motifs is 1. The van der Waals surface area contributed by atoms with Crippen molar-refractivity contribution >= 4 is 17.1 Å². The third-order valence-electron chi connectivity index (χ3n) is 3.94. The van der Waals surface area contributed by atoms with Gasteiger partial charge in [-0.3, -0.25) is 0 Å². The number of para-hydroxylation sites is 1. The van der Waals surface area contributed by atoms with Crippen LogP contribution in [-0.2, 0) is 0 Å². The summed E-state index contributed by atoms with van der Waals surface area (Å²) in [5.74, 6) is -0.630. The number of ether oxygens (including phenoxy) is 1. The van der Waals surface area contributed by atoms with Crippen LogP contribution >= 0.6 is 0 Å². The Hall–Kier alpha value is -3.54. The molecule has 6 heteroatoms. The summed E-state index contributed by atoms with van der Waals surface area (Å²) in [4.78, 5) is 17.0. The Labute approximate surface area is 148 Å². The van der Waals surface area contributed by atoms with E-state index in [1.165, 1.54) is 12.1 Å². The number of pyridine rings is 1. The smallest absolute Gasteiger partial charge is 0.344 e. The lowest BCUT2D eigenvalue weighted by atomic mass is 10.1. The van der Waals surface area contributed by atoms with Crippen LogP contribution in [0.25, 0.3) is 22.4 Å². The van der Waals surface area contributed by atoms with E-state index in [4.69, 9.17) is 9.26 Å². The molecule has 0 aliphatic carbocycles. The monoisotopic (exact) mass is 348 g/mol. The Bertz CT molecular complexity index is 1110. The van der Waals surface area contributed by atoms with Crippen molar-refractivity contribution in [3.05, 3.63) is 77.7 Å². The van der Waals surface area contributed by atoms with Gasteiger partial charge < -0.3 is 9.26 Å². The topological polar surface area (TPSA) is 65.2 Å². The van der Waals surface area contributed by atoms with E-state index in [1.807, 2.05) is 6.07 Å². The summed E-state index contributed by atoms with van der Waals surface area (Å²) in [6, 6.07) is 16.4. The lowest BCUT2D eigenvalue weighted by Crippen LogP contribution is -2.10. The van der Waals surface area contributed by atoms with Crippen LogP contribution in [0.15, 0.2) is 65.2 Å². The molecule has 0 saturated heterocycles. The number of rotatable bonds is 3. The third kappa shape index (κ3) is 2.82. The second-order valence-electron chi connectivity index (χ2n) is 5.69. The molecule has 4 rings (SSSR count). The molecule has 0 unspecified atom stereocenters. The van der Waals surface area contributed by atoms with E-state index in [0.717, 1.165) is 0 Å². The number of benzene rings is 2. The Kier molecular flexibility index (Phi) is 3.93. The maximum absolute atomic E-state index is 14.2. The number of carbonyl (C=O) groups excluding carboxylic acids is 1. The molecule has 0 atom stereocenters. The largest absolute Gasteiger partial charge is 0.423 e. The van der Waals surface area contributed by atoms with Crippen LogP contribution < -0.4 is 4.74 Å². The first kappa shape index (κ1) is 16.0. The van der Waals surface area contributed by atoms with Crippen molar-refractivity contribution in [2.75, 3.05) is 0 Å². The van der Waals surface area contributed by atoms with Crippen LogP contribution in [0.3, 0.4) is 0 Å². The van der Waals surface area contributed by atoms with E-state index in [2.05, 4.69) is 10.1 Å². The predicted octanol–water partition coefficient (Wildman–Crippen LogP) is 4.56. The number of nitrogens with zero attached hydrogens (tertiary/aromatic N) is 2. The zero-order chi connectivity index (χ0) is 18.1. The van der Waals surface area contributed by atoms with Gasteiger partial charge in [0.05, 0.1) is 22.3 Å². The van der Waals surface area contributed by atoms with Crippen molar-refractivity contribution in [1.82, 2.24) is 10.1 Å². The second kappa shape index (κ2) is 6.40. The molecular weight excluding hydrogens is 335 g/mol. The molecule has 0 fully saturated rings. The molecule has 0 aliphatic heterocycles. The van der Waals surface area contributed by atoms with Crippen molar-refractivity contribution in [2.24, 2.45) is 0 Å². The lowest BCUT2D eigenvalue weighted by molar-refractivity contribution is 0.0736. The van der Waals surface area contributed by atoms with Crippen LogP contribution in [0, 0.1) is 12.7 Å². The van der Waals surface area contributed by atoms with Gasteiger partial charge in [-0.15, -0.1) is 0 Å². The summed E-state index contributed by atoms with van der Waals surface area (Å²) < 4.78 is 24.8. The Balaban J connectivity index is 1.86. The molecule has 0 saturated carbocycles. The van der Waals surface area contributed by atoms with Gasteiger partial charge in [-0.1, -0.05) is 35.5 Å². The normalized spacial score (nSPS) is 10.8. The summed E-state index contributed by atoms with van der Waals surface area (Å²) in [5, 5.41) is 4.31. The third-order valence-corrected chi connectivity index (χ3v) is 3.94. The fourth-order valence-electron chi connectivity index (χ4n) is 2.71. The fourth-order valence-corrected chi connectivity index (χ4v) is 2.71. The summed E-state index contributed by atoms with van der Waals surface area (Å²) in [6.07, 6.45) is 0. The standard InChI is InChI=1S/C20H13FN2O3/c1-12-18-15(20(24)25-13-7-3-2-4-8-13)11-17(22-19(18)26-23-12)14-9-5-6-10-16(14)21/h2-11H,1H3. The van der Waals surface area contributed by atoms with Crippen LogP contribution in [0.4, 0.5) is 4.39 Å². The fraction of sp³-hybridized carbons (Fsp3) is 0.0500. The van der Waals surface area contributed by atoms with Gasteiger partial charge in [0.15, 0.2) is 0 Å². The van der Waals surface area contributed by atoms with Crippen molar-refractivity contribution in [2.45, 2.75) is 6.92 Å². The molecule has 26 heavy (non-hydrogen) atoms. The summed E-state index contributed by atoms with van der Waals surface area (Å²) in [5.41, 5.74) is 1.41. The minimum Gasteiger partial charge on any atom is -0.423 e. The molecule has 0 bridgehead atoms. The minimum absolute atomic E-state index is 0.156. The predicted molar refractivity (Wildman–Crippen MR) is 93.3 cm³/mol. The van der Waals surface area contributed by atoms with Gasteiger partial charge in [0, 0.05) is 5.56 Å². The molecule has 0 radical (unpaired) electrons. The molecule has 2 aromatic heterocycles. The number of esters is 1. The highest BCUT2D eigenvalue weighted by molar-refractivity contribution is 6.05. The molecule has 4 aromatic rings. The summed E-state index contributed by atoms with van der Waals surface area (Å²) in [7, 11) is 0. The highest BCUT2D eigenvalue weighted by Gasteiger charge is 2.21. The molecule has 5 nitrogen and oxygen atoms in total. The van der Waals surface area contributed by atoms with Gasteiger partial charge in [0.1, 0.15) is 11.6 Å². The van der Waals surface area contributed by atoms with E-state index in [-0.39, 0.29) is 22.5 Å². The summed E-state index contributed by atoms with van der Waals surface area (Å²) >= 11 is 0. The molecule has 0 N–H and O–H groups in total. The molecule has 128 valence electrons. The first-order valence-electron chi connectivity index (χ1n) is 7.92. The van der Waals surface area contributed by atoms with Gasteiger partial charge in [0.25, 0.3) is 5.71 Å². The highest BCUT2D eigenvalue weighted by Crippen LogP contribution is 2.29. The molecule has 0 aliphatic rings. The SMILES string of the molecule is Cc1noc2nc(-c3ccccc3F)cc(C(=O)Oc3ccccc3)c12. The first-order chi connectivity index (χ1) is 12.6. The molecule has 2 heterocycles. The molecule has 0 spiro atoms. The van der Waals surface area contributed by atoms with Gasteiger partial charge in [-0.2, -0.15) is 0 Å². The van der Waals surface area contributed by atoms with Crippen LogP contribution in [0.1, 0.15) is 16.1 Å². The zero-order valence-corrected chi connectivity index (χ0v) is 13.8. The first-order valence-corrected chi connectivity index (χ1v) is 7.92. The van der Waals surface area contributed by atoms with Crippen LogP contribution in [0.5, 0.6) is 5.75 Å². The van der Waals surface area contributed by atoms with Gasteiger partial charge in [-0.25, -0.2) is 14.2 Å². The van der Waals surface area contributed by atoms with Crippen LogP contribution in [-0.4, -0.2) is 16.1 Å². The van der Waals surface area contributed by atoms with Gasteiger partial charge >= 0.3 is 5.97 Å². The number of hydrogen-bond donors (Lipinski definition) is 0. The molecule has 2 aromatic carbocycles. The Morgan fingerprint density at radius 2 is 1.81 bits per heavy atom. The number of carbonyl (C=O) groups is 1. The quantitative estimate of drug-likeness (QED) is 0.401. The second-order valence-corrected chi connectivity index (χ2v) is 5.69. The highest BCUT2D eigenvalue weighted by atomic mass is 19.1. The Morgan fingerprint density at radius 3 is 2.58 bits per heavy atom. The Morgan fingerprint density at radius 1 is 1.08 bits per heavy atom. The molecular formula is C20H13FN2O3. The van der Waals surface area contributed by atoms with E-state index in [0.29, 0.717) is 16.8 Å². The average Bonchev–Trinajstić information content (AvgIpc) is 3.03. The number of aromatic nitrogens is 2. The maximum atomic E-state index is 14.2. The van der Waals surface area contributed by atoms with E-state index >= 15 is 0 Å². The van der Waals surface area contributed by atoms with E-state index < -0.39 is 11.8 Å². The van der Waals surface area contributed by atoms with Crippen molar-refractivity contribution in [3.8, 4) is 17.0 Å². The van der Waals surface area contributed by atoms with Crippen molar-refractivity contribution in [3.63, 3.8) is 0 Å². The van der Waals surface area contributed by atoms with Crippen molar-refractivity contribution in [1.29, 1.82) is 0 Å². The van der Waals surface area contributed by atoms with Gasteiger partial charge in [-0.05, 0) is 37.3 Å². The minimum atomic E-state index is -0.590. The number of hydrogen-bond acceptors (Lipinski definition) is 5. The lowest BCUT2D eigenvalue weighted by Gasteiger charge is -2.08. The van der Waals surface area contributed by atoms with Crippen molar-refractivity contribution < 1.29 is 18.4 Å². The van der Waals surface area contributed by atoms with Gasteiger partial charge in [0.2, 0.25) is 0 Å². The number of aryl methyl sites for hydroxylation is 1. The summed E-state index contributed by atoms with van der Waals surface area (Å²) in [6.45, 7) is 1.70. The maximum Gasteiger partial charge on any atom is 0.344 e. The zero-order valence-electron chi connectivity index (χ0n) is 13.8. The average molecular weight is 348 g/mol. The van der Waals surface area contributed by atoms with Crippen LogP contribution in [0.2, 0.25) is 0 Å².